The molecule has 2 aliphatic carbocycles. The summed E-state index contributed by atoms with van der Waals surface area (Å²) >= 11 is 0. The molecule has 1 amide bonds. The van der Waals surface area contributed by atoms with E-state index in [1.165, 1.54) is 12.8 Å². The lowest BCUT2D eigenvalue weighted by Gasteiger charge is -2.61. The number of nitrogens with zero attached hydrogens (tertiary/aromatic N) is 3. The van der Waals surface area contributed by atoms with Crippen molar-refractivity contribution >= 4 is 24.9 Å². The molecule has 5 fully saturated rings. The molecule has 5 aliphatic rings. The summed E-state index contributed by atoms with van der Waals surface area (Å²) in [6.07, 6.45) is 10.0. The number of hydrogen-bond donors (Lipinski definition) is 1. The Morgan fingerprint density at radius 3 is 2.25 bits per heavy atom. The van der Waals surface area contributed by atoms with Gasteiger partial charge in [-0.25, -0.2) is 4.98 Å². The lowest BCUT2D eigenvalue weighted by Crippen LogP contribution is -2.68. The summed E-state index contributed by atoms with van der Waals surface area (Å²) in [6.45, 7) is 8.16. The number of nitrogens with one attached hydrogen (secondary N) is 1. The highest BCUT2D eigenvalue weighted by atomic mass is 16.7. The Labute approximate surface area is 166 Å². The van der Waals surface area contributed by atoms with Gasteiger partial charge in [-0.05, 0) is 65.7 Å². The number of aromatic nitrogens is 2. The van der Waals surface area contributed by atoms with Gasteiger partial charge in [0.1, 0.15) is 5.82 Å². The Bertz CT molecular complexity index is 752. The number of rotatable bonds is 4. The zero-order valence-electron chi connectivity index (χ0n) is 17.1. The largest absolute Gasteiger partial charge is 0.516 e. The summed E-state index contributed by atoms with van der Waals surface area (Å²) in [4.78, 5) is 23.0. The van der Waals surface area contributed by atoms with Crippen LogP contribution in [0.2, 0.25) is 0 Å². The van der Waals surface area contributed by atoms with Crippen LogP contribution >= 0.6 is 0 Å². The molecule has 150 valence electrons. The summed E-state index contributed by atoms with van der Waals surface area (Å²) in [5.74, 6) is 1.63. The molecule has 0 radical (unpaired) electrons. The third-order valence-corrected chi connectivity index (χ3v) is 7.71. The van der Waals surface area contributed by atoms with Gasteiger partial charge in [-0.3, -0.25) is 9.78 Å². The summed E-state index contributed by atoms with van der Waals surface area (Å²) in [7, 11) is -0.486. The van der Waals surface area contributed by atoms with E-state index in [0.29, 0.717) is 23.6 Å². The van der Waals surface area contributed by atoms with Crippen molar-refractivity contribution in [2.24, 2.45) is 5.92 Å². The fourth-order valence-electron chi connectivity index (χ4n) is 5.85. The molecule has 2 saturated carbocycles. The van der Waals surface area contributed by atoms with Crippen LogP contribution in [-0.2, 0) is 14.1 Å². The van der Waals surface area contributed by atoms with Crippen LogP contribution in [0.3, 0.4) is 0 Å². The van der Waals surface area contributed by atoms with E-state index in [4.69, 9.17) is 14.3 Å². The predicted molar refractivity (Wildman–Crippen MR) is 106 cm³/mol. The minimum absolute atomic E-state index is 0.00912. The summed E-state index contributed by atoms with van der Waals surface area (Å²) < 4.78 is 12.2. The second kappa shape index (κ2) is 5.92. The first-order chi connectivity index (χ1) is 13.2. The van der Waals surface area contributed by atoms with Crippen LogP contribution in [0, 0.1) is 5.92 Å². The fourth-order valence-corrected chi connectivity index (χ4v) is 5.85. The molecule has 4 bridgehead atoms. The minimum atomic E-state index is -0.486. The van der Waals surface area contributed by atoms with Gasteiger partial charge in [0, 0.05) is 23.8 Å². The van der Waals surface area contributed by atoms with Crippen LogP contribution in [0.4, 0.5) is 5.82 Å². The van der Waals surface area contributed by atoms with Gasteiger partial charge in [0.15, 0.2) is 0 Å². The Morgan fingerprint density at radius 1 is 1.07 bits per heavy atom. The third-order valence-electron chi connectivity index (χ3n) is 7.71. The van der Waals surface area contributed by atoms with E-state index in [0.717, 1.165) is 31.5 Å². The van der Waals surface area contributed by atoms with Crippen LogP contribution in [0.15, 0.2) is 12.4 Å². The zero-order valence-corrected chi connectivity index (χ0v) is 17.1. The molecule has 4 heterocycles. The van der Waals surface area contributed by atoms with Crippen LogP contribution in [-0.4, -0.2) is 52.3 Å². The SMILES string of the molecule is CC1(C)OB(c2cnc(N3[C@@H]4CC5C[C@H]3CC(NC=O)(C5)C4)cn2)OC1(C)C. The molecule has 8 heteroatoms. The molecule has 1 aromatic rings. The lowest BCUT2D eigenvalue weighted by atomic mass is 9.59. The van der Waals surface area contributed by atoms with E-state index < -0.39 is 7.12 Å². The fraction of sp³-hybridized carbons (Fsp3) is 0.750. The smallest absolute Gasteiger partial charge is 0.398 e. The molecule has 1 N–H and O–H groups in total. The highest BCUT2D eigenvalue weighted by molar-refractivity contribution is 6.61. The maximum atomic E-state index is 11.1. The molecule has 7 nitrogen and oxygen atoms in total. The third kappa shape index (κ3) is 2.68. The van der Waals surface area contributed by atoms with Crippen LogP contribution in [0.1, 0.15) is 59.8 Å². The zero-order chi connectivity index (χ0) is 19.7. The van der Waals surface area contributed by atoms with Crippen molar-refractivity contribution in [3.63, 3.8) is 0 Å². The van der Waals surface area contributed by atoms with Crippen molar-refractivity contribution in [1.29, 1.82) is 0 Å². The Kier molecular flexibility index (Phi) is 3.88. The quantitative estimate of drug-likeness (QED) is 0.625. The first kappa shape index (κ1) is 18.4. The molecule has 3 saturated heterocycles. The molecule has 1 aromatic heterocycles. The van der Waals surface area contributed by atoms with Crippen molar-refractivity contribution in [2.75, 3.05) is 4.90 Å². The summed E-state index contributed by atoms with van der Waals surface area (Å²) in [5, 5.41) is 3.15. The number of piperidine rings is 2. The van der Waals surface area contributed by atoms with Gasteiger partial charge in [-0.15, -0.1) is 0 Å². The van der Waals surface area contributed by atoms with Crippen LogP contribution < -0.4 is 15.8 Å². The van der Waals surface area contributed by atoms with Gasteiger partial charge >= 0.3 is 7.12 Å². The Balaban J connectivity index is 1.36. The normalized spacial score (nSPS) is 37.4. The number of carbonyl (C=O) groups excluding carboxylic acids is 1. The average Bonchev–Trinajstić information content (AvgIpc) is 2.82. The standard InChI is InChI=1S/C20H29BN4O3/c1-18(2)19(3,4)28-21(27-18)16-10-23-17(11-22-16)25-14-5-13-6-15(25)9-20(7-13,8-14)24-12-26/h10-15H,5-9H2,1-4H3,(H,24,26)/t13?,14-,15+,20?. The average molecular weight is 384 g/mol. The molecule has 28 heavy (non-hydrogen) atoms. The highest BCUT2D eigenvalue weighted by Gasteiger charge is 2.55. The summed E-state index contributed by atoms with van der Waals surface area (Å²) in [6, 6.07) is 0.853. The Hall–Kier alpha value is -1.67. The van der Waals surface area contributed by atoms with E-state index in [-0.39, 0.29) is 16.7 Å². The van der Waals surface area contributed by atoms with Crippen molar-refractivity contribution in [1.82, 2.24) is 15.3 Å². The number of anilines is 1. The van der Waals surface area contributed by atoms with Crippen molar-refractivity contribution in [2.45, 2.75) is 88.6 Å². The topological polar surface area (TPSA) is 76.6 Å². The molecule has 6 rings (SSSR count). The molecular weight excluding hydrogens is 355 g/mol. The molecule has 0 aromatic carbocycles. The maximum absolute atomic E-state index is 11.1. The van der Waals surface area contributed by atoms with Gasteiger partial charge in [-0.2, -0.15) is 0 Å². The lowest BCUT2D eigenvalue weighted by molar-refractivity contribution is -0.113. The first-order valence-corrected chi connectivity index (χ1v) is 10.4. The second-order valence-electron chi connectivity index (χ2n) is 10.1. The van der Waals surface area contributed by atoms with E-state index in [2.05, 4.69) is 15.2 Å². The minimum Gasteiger partial charge on any atom is -0.398 e. The van der Waals surface area contributed by atoms with E-state index in [1.807, 2.05) is 33.9 Å². The predicted octanol–water partition coefficient (Wildman–Crippen LogP) is 1.41. The Morgan fingerprint density at radius 2 is 1.71 bits per heavy atom. The van der Waals surface area contributed by atoms with Crippen LogP contribution in [0.25, 0.3) is 0 Å². The monoisotopic (exact) mass is 384 g/mol. The van der Waals surface area contributed by atoms with Gasteiger partial charge in [0.2, 0.25) is 6.41 Å². The van der Waals surface area contributed by atoms with Crippen molar-refractivity contribution in [3.8, 4) is 0 Å². The molecule has 2 unspecified atom stereocenters. The molecule has 3 aliphatic heterocycles. The van der Waals surface area contributed by atoms with Gasteiger partial charge < -0.3 is 19.5 Å². The van der Waals surface area contributed by atoms with E-state index in [9.17, 15) is 4.79 Å². The number of hydrogen-bond acceptors (Lipinski definition) is 6. The maximum Gasteiger partial charge on any atom is 0.516 e. The first-order valence-electron chi connectivity index (χ1n) is 10.4. The van der Waals surface area contributed by atoms with Gasteiger partial charge in [-0.1, -0.05) is 0 Å². The number of carbonyl (C=O) groups is 1. The molecule has 4 atom stereocenters. The highest BCUT2D eigenvalue weighted by Crippen LogP contribution is 2.52. The summed E-state index contributed by atoms with van der Waals surface area (Å²) in [5.41, 5.74) is -0.0669. The van der Waals surface area contributed by atoms with Gasteiger partial charge in [0.25, 0.3) is 0 Å². The molecular formula is C20H29BN4O3. The number of amides is 1. The second-order valence-corrected chi connectivity index (χ2v) is 10.1. The van der Waals surface area contributed by atoms with E-state index >= 15 is 0 Å². The van der Waals surface area contributed by atoms with Gasteiger partial charge in [0.05, 0.1) is 23.0 Å². The van der Waals surface area contributed by atoms with Crippen LogP contribution in [0.5, 0.6) is 0 Å². The van der Waals surface area contributed by atoms with Crippen molar-refractivity contribution < 1.29 is 14.1 Å². The van der Waals surface area contributed by atoms with Crippen molar-refractivity contribution in [3.05, 3.63) is 12.4 Å². The molecule has 0 spiro atoms. The van der Waals surface area contributed by atoms with E-state index in [1.54, 1.807) is 6.20 Å².